The number of nitrogens with two attached hydrogens (primary N) is 1. The normalized spacial score (nSPS) is 10.6. The van der Waals surface area contributed by atoms with Gasteiger partial charge >= 0.3 is 0 Å². The van der Waals surface area contributed by atoms with E-state index >= 15 is 0 Å². The monoisotopic (exact) mass is 272 g/mol. The Labute approximate surface area is 120 Å². The minimum atomic E-state index is -0.199. The zero-order valence-electron chi connectivity index (χ0n) is 12.1. The largest absolute Gasteiger partial charge is 0.370 e. The Kier molecular flexibility index (Phi) is 4.74. The highest BCUT2D eigenvalue weighted by atomic mass is 19.1. The van der Waals surface area contributed by atoms with Crippen molar-refractivity contribution in [3.8, 4) is 0 Å². The zero-order valence-corrected chi connectivity index (χ0v) is 12.1. The van der Waals surface area contributed by atoms with Crippen molar-refractivity contribution in [2.24, 2.45) is 5.73 Å². The van der Waals surface area contributed by atoms with Crippen LogP contribution in [-0.2, 0) is 13.0 Å². The van der Waals surface area contributed by atoms with Gasteiger partial charge in [0.2, 0.25) is 0 Å². The van der Waals surface area contributed by atoms with Crippen molar-refractivity contribution >= 4 is 5.69 Å². The van der Waals surface area contributed by atoms with Crippen molar-refractivity contribution in [3.63, 3.8) is 0 Å². The van der Waals surface area contributed by atoms with Crippen LogP contribution in [0.5, 0.6) is 0 Å². The molecule has 0 radical (unpaired) electrons. The summed E-state index contributed by atoms with van der Waals surface area (Å²) in [6, 6.07) is 13.1. The number of aryl methyl sites for hydroxylation is 1. The summed E-state index contributed by atoms with van der Waals surface area (Å²) in [6.45, 7) is 3.48. The Morgan fingerprint density at radius 3 is 2.45 bits per heavy atom. The maximum atomic E-state index is 12.9. The summed E-state index contributed by atoms with van der Waals surface area (Å²) in [6.07, 6.45) is 0.866. The van der Waals surface area contributed by atoms with Crippen LogP contribution in [0.2, 0.25) is 0 Å². The van der Waals surface area contributed by atoms with E-state index < -0.39 is 0 Å². The fourth-order valence-electron chi connectivity index (χ4n) is 2.39. The lowest BCUT2D eigenvalue weighted by Gasteiger charge is -2.23. The van der Waals surface area contributed by atoms with E-state index in [4.69, 9.17) is 5.73 Å². The first kappa shape index (κ1) is 14.5. The van der Waals surface area contributed by atoms with E-state index in [0.717, 1.165) is 18.5 Å². The number of rotatable bonds is 5. The molecule has 0 atom stereocenters. The second-order valence-corrected chi connectivity index (χ2v) is 5.15. The maximum absolute atomic E-state index is 12.9. The second kappa shape index (κ2) is 6.53. The number of halogens is 1. The van der Waals surface area contributed by atoms with Crippen LogP contribution in [0, 0.1) is 12.7 Å². The molecule has 0 bridgehead atoms. The van der Waals surface area contributed by atoms with Gasteiger partial charge < -0.3 is 10.6 Å². The lowest BCUT2D eigenvalue weighted by molar-refractivity contribution is 0.627. The van der Waals surface area contributed by atoms with Gasteiger partial charge in [0, 0.05) is 19.3 Å². The van der Waals surface area contributed by atoms with E-state index in [1.165, 1.54) is 28.9 Å². The van der Waals surface area contributed by atoms with Gasteiger partial charge in [-0.3, -0.25) is 0 Å². The van der Waals surface area contributed by atoms with E-state index in [1.807, 2.05) is 19.2 Å². The van der Waals surface area contributed by atoms with Gasteiger partial charge in [-0.2, -0.15) is 0 Å². The average Bonchev–Trinajstić information content (AvgIpc) is 2.42. The summed E-state index contributed by atoms with van der Waals surface area (Å²) < 4.78 is 12.9. The molecule has 2 nitrogen and oxygen atoms in total. The number of benzene rings is 2. The number of hydrogen-bond donors (Lipinski definition) is 1. The van der Waals surface area contributed by atoms with Gasteiger partial charge in [-0.25, -0.2) is 4.39 Å². The van der Waals surface area contributed by atoms with Crippen LogP contribution in [-0.4, -0.2) is 13.6 Å². The van der Waals surface area contributed by atoms with Gasteiger partial charge in [-0.15, -0.1) is 0 Å². The lowest BCUT2D eigenvalue weighted by Crippen LogP contribution is -2.19. The number of hydrogen-bond acceptors (Lipinski definition) is 2. The first-order valence-electron chi connectivity index (χ1n) is 6.85. The Balaban J connectivity index is 2.19. The van der Waals surface area contributed by atoms with E-state index in [0.29, 0.717) is 6.54 Å². The molecular formula is C17H21FN2. The van der Waals surface area contributed by atoms with Crippen LogP contribution >= 0.6 is 0 Å². The Bertz CT molecular complexity index is 564. The average molecular weight is 272 g/mol. The van der Waals surface area contributed by atoms with Crippen LogP contribution in [0.4, 0.5) is 10.1 Å². The van der Waals surface area contributed by atoms with Crippen molar-refractivity contribution < 1.29 is 4.39 Å². The minimum Gasteiger partial charge on any atom is -0.370 e. The van der Waals surface area contributed by atoms with Crippen LogP contribution in [0.15, 0.2) is 42.5 Å². The molecule has 0 aromatic heterocycles. The number of anilines is 1. The van der Waals surface area contributed by atoms with Crippen molar-refractivity contribution in [3.05, 3.63) is 65.0 Å². The quantitative estimate of drug-likeness (QED) is 0.905. The van der Waals surface area contributed by atoms with Gasteiger partial charge in [0.1, 0.15) is 5.82 Å². The predicted molar refractivity (Wildman–Crippen MR) is 82.4 cm³/mol. The molecule has 2 N–H and O–H groups in total. The van der Waals surface area contributed by atoms with Crippen molar-refractivity contribution in [1.29, 1.82) is 0 Å². The lowest BCUT2D eigenvalue weighted by atomic mass is 10.0. The molecule has 0 aliphatic carbocycles. The summed E-state index contributed by atoms with van der Waals surface area (Å²) in [5.41, 5.74) is 10.5. The first-order chi connectivity index (χ1) is 9.60. The van der Waals surface area contributed by atoms with E-state index in [-0.39, 0.29) is 5.82 Å². The van der Waals surface area contributed by atoms with Crippen LogP contribution in [0.1, 0.15) is 16.7 Å². The third-order valence-electron chi connectivity index (χ3n) is 3.39. The van der Waals surface area contributed by atoms with Gasteiger partial charge in [-0.1, -0.05) is 29.8 Å². The topological polar surface area (TPSA) is 29.3 Å². The summed E-state index contributed by atoms with van der Waals surface area (Å²) in [5, 5.41) is 0. The van der Waals surface area contributed by atoms with E-state index in [9.17, 15) is 4.39 Å². The molecule has 106 valence electrons. The smallest absolute Gasteiger partial charge is 0.123 e. The molecule has 2 aromatic carbocycles. The van der Waals surface area contributed by atoms with E-state index in [2.05, 4.69) is 30.0 Å². The standard InChI is InChI=1S/C17H21FN2/c1-13-3-8-17(15(11-13)9-10-19)20(2)12-14-4-6-16(18)7-5-14/h3-8,11H,9-10,12,19H2,1-2H3. The van der Waals surface area contributed by atoms with Gasteiger partial charge in [0.15, 0.2) is 0 Å². The summed E-state index contributed by atoms with van der Waals surface area (Å²) in [5.74, 6) is -0.199. The highest BCUT2D eigenvalue weighted by Crippen LogP contribution is 2.23. The first-order valence-corrected chi connectivity index (χ1v) is 6.85. The molecule has 2 rings (SSSR count). The predicted octanol–water partition coefficient (Wildman–Crippen LogP) is 3.27. The van der Waals surface area contributed by atoms with Gasteiger partial charge in [0.25, 0.3) is 0 Å². The minimum absolute atomic E-state index is 0.199. The third kappa shape index (κ3) is 3.58. The molecule has 0 aliphatic heterocycles. The molecule has 0 heterocycles. The number of nitrogens with zero attached hydrogens (tertiary/aromatic N) is 1. The van der Waals surface area contributed by atoms with Gasteiger partial charge in [0.05, 0.1) is 0 Å². The van der Waals surface area contributed by atoms with E-state index in [1.54, 1.807) is 0 Å². The molecule has 0 saturated carbocycles. The molecule has 0 saturated heterocycles. The SMILES string of the molecule is Cc1ccc(N(C)Cc2ccc(F)cc2)c(CCN)c1. The fourth-order valence-corrected chi connectivity index (χ4v) is 2.39. The third-order valence-corrected chi connectivity index (χ3v) is 3.39. The summed E-state index contributed by atoms with van der Waals surface area (Å²) in [7, 11) is 2.05. The summed E-state index contributed by atoms with van der Waals surface area (Å²) >= 11 is 0. The van der Waals surface area contributed by atoms with Crippen LogP contribution in [0.3, 0.4) is 0 Å². The Morgan fingerprint density at radius 1 is 1.10 bits per heavy atom. The zero-order chi connectivity index (χ0) is 14.5. The molecule has 0 fully saturated rings. The summed E-state index contributed by atoms with van der Waals surface area (Å²) in [4.78, 5) is 2.18. The van der Waals surface area contributed by atoms with Gasteiger partial charge in [-0.05, 0) is 49.2 Å². The molecule has 3 heteroatoms. The molecule has 0 unspecified atom stereocenters. The maximum Gasteiger partial charge on any atom is 0.123 e. The van der Waals surface area contributed by atoms with Crippen LogP contribution < -0.4 is 10.6 Å². The fraction of sp³-hybridized carbons (Fsp3) is 0.294. The highest BCUT2D eigenvalue weighted by molar-refractivity contribution is 5.55. The second-order valence-electron chi connectivity index (χ2n) is 5.15. The Morgan fingerprint density at radius 2 is 1.80 bits per heavy atom. The molecule has 0 spiro atoms. The Hall–Kier alpha value is -1.87. The van der Waals surface area contributed by atoms with Crippen molar-refractivity contribution in [2.75, 3.05) is 18.5 Å². The molecule has 20 heavy (non-hydrogen) atoms. The van der Waals surface area contributed by atoms with Crippen LogP contribution in [0.25, 0.3) is 0 Å². The highest BCUT2D eigenvalue weighted by Gasteiger charge is 2.08. The molecule has 2 aromatic rings. The van der Waals surface area contributed by atoms with Crippen molar-refractivity contribution in [1.82, 2.24) is 0 Å². The molecule has 0 aliphatic rings. The molecule has 0 amide bonds. The molecular weight excluding hydrogens is 251 g/mol. The van der Waals surface area contributed by atoms with Crippen molar-refractivity contribution in [2.45, 2.75) is 19.9 Å².